The average molecular weight is 310 g/mol. The summed E-state index contributed by atoms with van der Waals surface area (Å²) < 4.78 is 0. The van der Waals surface area contributed by atoms with Crippen molar-refractivity contribution in [2.45, 2.75) is 0 Å². The molecule has 0 aliphatic heterocycles. The van der Waals surface area contributed by atoms with Crippen molar-refractivity contribution in [3.63, 3.8) is 0 Å². The van der Waals surface area contributed by atoms with Gasteiger partial charge in [-0.1, -0.05) is 30.0 Å². The molecule has 0 unspecified atom stereocenters. The Labute approximate surface area is 135 Å². The van der Waals surface area contributed by atoms with Crippen LogP contribution in [0.25, 0.3) is 6.08 Å². The van der Waals surface area contributed by atoms with E-state index in [-0.39, 0.29) is 5.91 Å². The summed E-state index contributed by atoms with van der Waals surface area (Å²) >= 11 is 1.60. The highest BCUT2D eigenvalue weighted by atomic mass is 32.1. The number of amides is 1. The second-order valence-corrected chi connectivity index (χ2v) is 5.76. The van der Waals surface area contributed by atoms with Crippen LogP contribution < -0.4 is 10.2 Å². The minimum absolute atomic E-state index is 0.136. The van der Waals surface area contributed by atoms with Gasteiger partial charge in [-0.3, -0.25) is 4.79 Å². The molecule has 1 aromatic carbocycles. The largest absolute Gasteiger partial charge is 0.377 e. The summed E-state index contributed by atoms with van der Waals surface area (Å²) in [6, 6.07) is 11.9. The number of carbonyl (C=O) groups excluding carboxylic acids is 1. The van der Waals surface area contributed by atoms with Crippen molar-refractivity contribution in [3.8, 4) is 11.8 Å². The molecule has 3 nitrogen and oxygen atoms in total. The Hall–Kier alpha value is -2.51. The third kappa shape index (κ3) is 4.80. The van der Waals surface area contributed by atoms with Crippen molar-refractivity contribution in [3.05, 3.63) is 58.3 Å². The van der Waals surface area contributed by atoms with Gasteiger partial charge in [0, 0.05) is 30.6 Å². The monoisotopic (exact) mass is 310 g/mol. The fraction of sp³-hybridized carbons (Fsp3) is 0.167. The van der Waals surface area contributed by atoms with Gasteiger partial charge in [0.1, 0.15) is 0 Å². The van der Waals surface area contributed by atoms with Gasteiger partial charge in [-0.25, -0.2) is 0 Å². The molecule has 1 heterocycles. The second kappa shape index (κ2) is 8.06. The molecule has 0 spiro atoms. The van der Waals surface area contributed by atoms with Crippen LogP contribution in [0.15, 0.2) is 47.9 Å². The second-order valence-electron chi connectivity index (χ2n) is 4.78. The lowest BCUT2D eigenvalue weighted by molar-refractivity contribution is -0.116. The van der Waals surface area contributed by atoms with Crippen LogP contribution in [0.2, 0.25) is 0 Å². The predicted octanol–water partition coefficient (Wildman–Crippen LogP) is 3.00. The molecule has 4 heteroatoms. The normalized spacial score (nSPS) is 10.1. The molecule has 2 rings (SSSR count). The number of para-hydroxylation sites is 1. The van der Waals surface area contributed by atoms with Gasteiger partial charge in [-0.2, -0.15) is 0 Å². The van der Waals surface area contributed by atoms with E-state index >= 15 is 0 Å². The first-order valence-electron chi connectivity index (χ1n) is 6.91. The molecule has 1 amide bonds. The first kappa shape index (κ1) is 15.9. The molecule has 1 aromatic heterocycles. The van der Waals surface area contributed by atoms with E-state index in [1.807, 2.05) is 60.8 Å². The molecule has 0 aliphatic rings. The van der Waals surface area contributed by atoms with Gasteiger partial charge in [0.05, 0.1) is 12.2 Å². The van der Waals surface area contributed by atoms with Crippen LogP contribution >= 0.6 is 11.3 Å². The van der Waals surface area contributed by atoms with Gasteiger partial charge in [-0.05, 0) is 29.7 Å². The van der Waals surface area contributed by atoms with Gasteiger partial charge in [0.15, 0.2) is 0 Å². The maximum absolute atomic E-state index is 11.7. The number of thiophene rings is 1. The Morgan fingerprint density at radius 1 is 1.27 bits per heavy atom. The van der Waals surface area contributed by atoms with Crippen LogP contribution in [0.3, 0.4) is 0 Å². The molecule has 0 bridgehead atoms. The van der Waals surface area contributed by atoms with E-state index in [1.165, 1.54) is 6.08 Å². The van der Waals surface area contributed by atoms with E-state index in [0.717, 1.165) is 16.1 Å². The molecule has 0 saturated heterocycles. The SMILES string of the molecule is CN(C)c1ccccc1C#CCNC(=O)/C=C/c1cccs1. The highest BCUT2D eigenvalue weighted by Crippen LogP contribution is 2.16. The Balaban J connectivity index is 1.88. The number of nitrogens with zero attached hydrogens (tertiary/aromatic N) is 1. The number of hydrogen-bond acceptors (Lipinski definition) is 3. The molecule has 112 valence electrons. The van der Waals surface area contributed by atoms with Crippen molar-refractivity contribution >= 4 is 29.0 Å². The number of rotatable bonds is 4. The Kier molecular flexibility index (Phi) is 5.81. The van der Waals surface area contributed by atoms with Crippen LogP contribution in [-0.2, 0) is 4.79 Å². The van der Waals surface area contributed by atoms with Crippen LogP contribution in [0.5, 0.6) is 0 Å². The van der Waals surface area contributed by atoms with E-state index in [1.54, 1.807) is 17.4 Å². The first-order valence-corrected chi connectivity index (χ1v) is 7.79. The Morgan fingerprint density at radius 3 is 2.82 bits per heavy atom. The summed E-state index contributed by atoms with van der Waals surface area (Å²) in [6.45, 7) is 0.329. The first-order chi connectivity index (χ1) is 10.7. The van der Waals surface area contributed by atoms with Crippen molar-refractivity contribution < 1.29 is 4.79 Å². The summed E-state index contributed by atoms with van der Waals surface area (Å²) in [5, 5.41) is 4.73. The third-order valence-electron chi connectivity index (χ3n) is 2.90. The Morgan fingerprint density at radius 2 is 2.09 bits per heavy atom. The summed E-state index contributed by atoms with van der Waals surface area (Å²) in [5.74, 6) is 5.94. The van der Waals surface area contributed by atoms with Crippen LogP contribution in [0, 0.1) is 11.8 Å². The number of anilines is 1. The quantitative estimate of drug-likeness (QED) is 0.695. The van der Waals surface area contributed by atoms with Gasteiger partial charge in [0.25, 0.3) is 0 Å². The van der Waals surface area contributed by atoms with E-state index in [0.29, 0.717) is 6.54 Å². The minimum atomic E-state index is -0.136. The molecule has 0 atom stereocenters. The standard InChI is InChI=1S/C18H18N2OS/c1-20(2)17-10-4-3-7-15(17)8-5-13-19-18(21)12-11-16-9-6-14-22-16/h3-4,6-7,9-12,14H,13H2,1-2H3,(H,19,21)/b12-11+. The van der Waals surface area contributed by atoms with Gasteiger partial charge < -0.3 is 10.2 Å². The maximum atomic E-state index is 11.7. The lowest BCUT2D eigenvalue weighted by atomic mass is 10.1. The number of benzene rings is 1. The molecule has 0 radical (unpaired) electrons. The lowest BCUT2D eigenvalue weighted by Gasteiger charge is -2.13. The minimum Gasteiger partial charge on any atom is -0.377 e. The molecule has 1 N–H and O–H groups in total. The topological polar surface area (TPSA) is 32.3 Å². The summed E-state index contributed by atoms with van der Waals surface area (Å²) in [4.78, 5) is 14.7. The summed E-state index contributed by atoms with van der Waals surface area (Å²) in [6.07, 6.45) is 3.33. The zero-order valence-electron chi connectivity index (χ0n) is 12.7. The summed E-state index contributed by atoms with van der Waals surface area (Å²) in [7, 11) is 3.97. The maximum Gasteiger partial charge on any atom is 0.244 e. The average Bonchev–Trinajstić information content (AvgIpc) is 3.03. The zero-order valence-corrected chi connectivity index (χ0v) is 13.5. The third-order valence-corrected chi connectivity index (χ3v) is 3.74. The number of carbonyl (C=O) groups is 1. The summed E-state index contributed by atoms with van der Waals surface area (Å²) in [5.41, 5.74) is 2.02. The zero-order chi connectivity index (χ0) is 15.8. The molecular weight excluding hydrogens is 292 g/mol. The van der Waals surface area contributed by atoms with Gasteiger partial charge in [0.2, 0.25) is 5.91 Å². The highest BCUT2D eigenvalue weighted by Gasteiger charge is 1.99. The molecule has 2 aromatic rings. The lowest BCUT2D eigenvalue weighted by Crippen LogP contribution is -2.20. The fourth-order valence-corrected chi connectivity index (χ4v) is 2.46. The smallest absolute Gasteiger partial charge is 0.244 e. The highest BCUT2D eigenvalue weighted by molar-refractivity contribution is 7.10. The Bertz CT molecular complexity index is 706. The molecule has 0 fully saturated rings. The van der Waals surface area contributed by atoms with Crippen molar-refractivity contribution in [2.75, 3.05) is 25.5 Å². The van der Waals surface area contributed by atoms with Crippen molar-refractivity contribution in [1.82, 2.24) is 5.32 Å². The van der Waals surface area contributed by atoms with E-state index < -0.39 is 0 Å². The molecule has 22 heavy (non-hydrogen) atoms. The van der Waals surface area contributed by atoms with Crippen LogP contribution in [0.1, 0.15) is 10.4 Å². The van der Waals surface area contributed by atoms with Crippen molar-refractivity contribution in [1.29, 1.82) is 0 Å². The number of hydrogen-bond donors (Lipinski definition) is 1. The number of nitrogens with one attached hydrogen (secondary N) is 1. The molecular formula is C18H18N2OS. The van der Waals surface area contributed by atoms with E-state index in [4.69, 9.17) is 0 Å². The molecule has 0 aliphatic carbocycles. The van der Waals surface area contributed by atoms with Crippen LogP contribution in [-0.4, -0.2) is 26.5 Å². The predicted molar refractivity (Wildman–Crippen MR) is 94.0 cm³/mol. The van der Waals surface area contributed by atoms with E-state index in [2.05, 4.69) is 17.2 Å². The van der Waals surface area contributed by atoms with E-state index in [9.17, 15) is 4.79 Å². The van der Waals surface area contributed by atoms with Crippen molar-refractivity contribution in [2.24, 2.45) is 0 Å². The van der Waals surface area contributed by atoms with Gasteiger partial charge >= 0.3 is 0 Å². The molecule has 0 saturated carbocycles. The van der Waals surface area contributed by atoms with Crippen LogP contribution in [0.4, 0.5) is 5.69 Å². The fourth-order valence-electron chi connectivity index (χ4n) is 1.84. The van der Waals surface area contributed by atoms with Gasteiger partial charge in [-0.15, -0.1) is 11.3 Å².